The van der Waals surface area contributed by atoms with Crippen molar-refractivity contribution in [2.24, 2.45) is 11.1 Å². The Labute approximate surface area is 163 Å². The summed E-state index contributed by atoms with van der Waals surface area (Å²) in [6.45, 7) is 4.55. The van der Waals surface area contributed by atoms with E-state index < -0.39 is 0 Å². The molecule has 1 saturated heterocycles. The minimum atomic E-state index is 0.0277. The van der Waals surface area contributed by atoms with Crippen LogP contribution in [0.15, 0.2) is 24.4 Å². The van der Waals surface area contributed by atoms with Crippen LogP contribution in [0.1, 0.15) is 36.6 Å². The SMILES string of the molecule is CC1(CN)CCN(c2cnc(C(=N)c3cccc(Cl)c3C#N)c(N)n2)CC1. The highest BCUT2D eigenvalue weighted by Gasteiger charge is 2.29. The number of nitrogens with one attached hydrogen (secondary N) is 1. The maximum absolute atomic E-state index is 9.33. The smallest absolute Gasteiger partial charge is 0.154 e. The molecule has 2 heterocycles. The summed E-state index contributed by atoms with van der Waals surface area (Å²) < 4.78 is 0. The van der Waals surface area contributed by atoms with Gasteiger partial charge in [0.2, 0.25) is 0 Å². The van der Waals surface area contributed by atoms with Gasteiger partial charge in [0.05, 0.1) is 22.5 Å². The summed E-state index contributed by atoms with van der Waals surface area (Å²) in [6, 6.07) is 6.98. The van der Waals surface area contributed by atoms with E-state index in [9.17, 15) is 5.26 Å². The number of piperidine rings is 1. The lowest BCUT2D eigenvalue weighted by molar-refractivity contribution is 0.258. The van der Waals surface area contributed by atoms with Crippen LogP contribution < -0.4 is 16.4 Å². The molecule has 2 aromatic rings. The molecular weight excluding hydrogens is 362 g/mol. The first-order chi connectivity index (χ1) is 12.9. The summed E-state index contributed by atoms with van der Waals surface area (Å²) in [5.74, 6) is 0.850. The van der Waals surface area contributed by atoms with E-state index in [4.69, 9.17) is 28.5 Å². The third kappa shape index (κ3) is 3.72. The number of anilines is 2. The number of nitrogen functional groups attached to an aromatic ring is 1. The Morgan fingerprint density at radius 3 is 2.70 bits per heavy atom. The second-order valence-electron chi connectivity index (χ2n) is 7.11. The number of hydrogen-bond acceptors (Lipinski definition) is 7. The molecule has 3 rings (SSSR count). The molecule has 0 spiro atoms. The lowest BCUT2D eigenvalue weighted by atomic mass is 9.80. The Morgan fingerprint density at radius 2 is 2.11 bits per heavy atom. The Kier molecular flexibility index (Phi) is 5.31. The topological polar surface area (TPSA) is 129 Å². The third-order valence-corrected chi connectivity index (χ3v) is 5.52. The van der Waals surface area contributed by atoms with Crippen molar-refractivity contribution >= 4 is 28.9 Å². The molecule has 27 heavy (non-hydrogen) atoms. The zero-order valence-electron chi connectivity index (χ0n) is 15.2. The van der Waals surface area contributed by atoms with Gasteiger partial charge in [0.25, 0.3) is 0 Å². The van der Waals surface area contributed by atoms with Gasteiger partial charge in [-0.1, -0.05) is 30.7 Å². The molecule has 1 aliphatic rings. The number of hydrogen-bond donors (Lipinski definition) is 3. The molecule has 0 saturated carbocycles. The average molecular weight is 384 g/mol. The predicted molar refractivity (Wildman–Crippen MR) is 107 cm³/mol. The molecule has 140 valence electrons. The normalized spacial score (nSPS) is 16.0. The average Bonchev–Trinajstić information content (AvgIpc) is 2.68. The van der Waals surface area contributed by atoms with Crippen molar-refractivity contribution in [3.63, 3.8) is 0 Å². The molecule has 0 atom stereocenters. The first-order valence-electron chi connectivity index (χ1n) is 8.74. The van der Waals surface area contributed by atoms with Gasteiger partial charge in [-0.15, -0.1) is 0 Å². The van der Waals surface area contributed by atoms with Crippen LogP contribution in [0.3, 0.4) is 0 Å². The summed E-state index contributed by atoms with van der Waals surface area (Å²) in [6.07, 6.45) is 3.59. The first-order valence-corrected chi connectivity index (χ1v) is 9.12. The molecule has 0 unspecified atom stereocenters. The molecule has 1 aromatic heterocycles. The van der Waals surface area contributed by atoms with Gasteiger partial charge in [-0.05, 0) is 30.9 Å². The van der Waals surface area contributed by atoms with Crippen LogP contribution in [0.2, 0.25) is 5.02 Å². The van der Waals surface area contributed by atoms with Crippen LogP contribution in [0.5, 0.6) is 0 Å². The van der Waals surface area contributed by atoms with Crippen LogP contribution in [0, 0.1) is 22.2 Å². The highest BCUT2D eigenvalue weighted by Crippen LogP contribution is 2.31. The van der Waals surface area contributed by atoms with E-state index in [1.807, 2.05) is 6.07 Å². The number of aromatic nitrogens is 2. The number of rotatable bonds is 4. The largest absolute Gasteiger partial charge is 0.382 e. The predicted octanol–water partition coefficient (Wildman–Crippen LogP) is 2.57. The van der Waals surface area contributed by atoms with E-state index in [1.54, 1.807) is 24.4 Å². The summed E-state index contributed by atoms with van der Waals surface area (Å²) in [4.78, 5) is 10.9. The number of nitriles is 1. The zero-order valence-corrected chi connectivity index (χ0v) is 15.9. The molecule has 0 bridgehead atoms. The third-order valence-electron chi connectivity index (χ3n) is 5.21. The van der Waals surface area contributed by atoms with Gasteiger partial charge in [-0.2, -0.15) is 5.26 Å². The zero-order chi connectivity index (χ0) is 19.6. The molecule has 5 N–H and O–H groups in total. The first kappa shape index (κ1) is 19.1. The Morgan fingerprint density at radius 1 is 1.41 bits per heavy atom. The van der Waals surface area contributed by atoms with E-state index in [0.717, 1.165) is 25.9 Å². The van der Waals surface area contributed by atoms with Crippen LogP contribution in [0.25, 0.3) is 0 Å². The minimum absolute atomic E-state index is 0.0277. The van der Waals surface area contributed by atoms with Crippen molar-refractivity contribution in [3.8, 4) is 6.07 Å². The lowest BCUT2D eigenvalue weighted by Gasteiger charge is -2.39. The molecular formula is C19H22ClN7. The van der Waals surface area contributed by atoms with Crippen molar-refractivity contribution in [2.75, 3.05) is 30.3 Å². The van der Waals surface area contributed by atoms with Gasteiger partial charge in [-0.25, -0.2) is 9.97 Å². The molecule has 1 aliphatic heterocycles. The van der Waals surface area contributed by atoms with Gasteiger partial charge < -0.3 is 16.4 Å². The molecule has 7 nitrogen and oxygen atoms in total. The van der Waals surface area contributed by atoms with Crippen LogP contribution in [-0.4, -0.2) is 35.3 Å². The van der Waals surface area contributed by atoms with E-state index >= 15 is 0 Å². The summed E-state index contributed by atoms with van der Waals surface area (Å²) in [7, 11) is 0. The Hall–Kier alpha value is -2.69. The number of nitrogens with two attached hydrogens (primary N) is 2. The molecule has 0 amide bonds. The van der Waals surface area contributed by atoms with Crippen molar-refractivity contribution in [3.05, 3.63) is 46.2 Å². The molecule has 1 aromatic carbocycles. The van der Waals surface area contributed by atoms with Crippen molar-refractivity contribution in [1.82, 2.24) is 9.97 Å². The van der Waals surface area contributed by atoms with Crippen molar-refractivity contribution in [1.29, 1.82) is 10.7 Å². The second kappa shape index (κ2) is 7.51. The fourth-order valence-electron chi connectivity index (χ4n) is 3.19. The fraction of sp³-hybridized carbons (Fsp3) is 0.368. The number of halogens is 1. The summed E-state index contributed by atoms with van der Waals surface area (Å²) >= 11 is 6.06. The highest BCUT2D eigenvalue weighted by atomic mass is 35.5. The maximum Gasteiger partial charge on any atom is 0.154 e. The Bertz CT molecular complexity index is 911. The molecule has 1 fully saturated rings. The molecule has 0 radical (unpaired) electrons. The van der Waals surface area contributed by atoms with E-state index in [0.29, 0.717) is 22.9 Å². The van der Waals surface area contributed by atoms with Gasteiger partial charge >= 0.3 is 0 Å². The highest BCUT2D eigenvalue weighted by molar-refractivity contribution is 6.32. The van der Waals surface area contributed by atoms with Gasteiger partial charge in [-0.3, -0.25) is 5.41 Å². The van der Waals surface area contributed by atoms with Crippen molar-refractivity contribution < 1.29 is 0 Å². The monoisotopic (exact) mass is 383 g/mol. The number of nitrogens with zero attached hydrogens (tertiary/aromatic N) is 4. The van der Waals surface area contributed by atoms with Gasteiger partial charge in [0.1, 0.15) is 17.6 Å². The molecule has 8 heteroatoms. The lowest BCUT2D eigenvalue weighted by Crippen LogP contribution is -2.42. The Balaban J connectivity index is 1.85. The minimum Gasteiger partial charge on any atom is -0.382 e. The quantitative estimate of drug-likeness (QED) is 0.696. The second-order valence-corrected chi connectivity index (χ2v) is 7.52. The van der Waals surface area contributed by atoms with E-state index in [-0.39, 0.29) is 28.2 Å². The molecule has 0 aliphatic carbocycles. The summed E-state index contributed by atoms with van der Waals surface area (Å²) in [5.41, 5.74) is 13.0. The maximum atomic E-state index is 9.33. The number of benzene rings is 1. The summed E-state index contributed by atoms with van der Waals surface area (Å²) in [5, 5.41) is 18.0. The van der Waals surface area contributed by atoms with Crippen molar-refractivity contribution in [2.45, 2.75) is 19.8 Å². The fourth-order valence-corrected chi connectivity index (χ4v) is 3.41. The standard InChI is InChI=1S/C19H22ClN7/c1-19(11-22)5-7-27(8-6-19)15-10-25-17(18(24)26-15)16(23)12-3-2-4-14(20)13(12)9-21/h2-4,10,23H,5-8,11,22H2,1H3,(H2,24,26). The van der Waals surface area contributed by atoms with Crippen LogP contribution in [0.4, 0.5) is 11.6 Å². The van der Waals surface area contributed by atoms with Crippen LogP contribution >= 0.6 is 11.6 Å². The van der Waals surface area contributed by atoms with Gasteiger partial charge in [0.15, 0.2) is 5.82 Å². The van der Waals surface area contributed by atoms with E-state index in [2.05, 4.69) is 21.8 Å². The van der Waals surface area contributed by atoms with E-state index in [1.165, 1.54) is 0 Å². The van der Waals surface area contributed by atoms with Gasteiger partial charge in [0, 0.05) is 18.7 Å². The van der Waals surface area contributed by atoms with Crippen LogP contribution in [-0.2, 0) is 0 Å².